The van der Waals surface area contributed by atoms with Crippen LogP contribution < -0.4 is 11.1 Å². The molecule has 1 unspecified atom stereocenters. The van der Waals surface area contributed by atoms with Crippen LogP contribution in [0.15, 0.2) is 0 Å². The van der Waals surface area contributed by atoms with Gasteiger partial charge in [0, 0.05) is 13.2 Å². The summed E-state index contributed by atoms with van der Waals surface area (Å²) in [7, 11) is 1.53. The Morgan fingerprint density at radius 1 is 1.47 bits per heavy atom. The summed E-state index contributed by atoms with van der Waals surface area (Å²) in [6.07, 6.45) is 0.795. The van der Waals surface area contributed by atoms with Gasteiger partial charge in [-0.15, -0.1) is 0 Å². The third-order valence-corrected chi connectivity index (χ3v) is 2.66. The second-order valence-corrected chi connectivity index (χ2v) is 4.62. The first-order chi connectivity index (χ1) is 6.85. The van der Waals surface area contributed by atoms with Crippen molar-refractivity contribution in [3.8, 4) is 0 Å². The summed E-state index contributed by atoms with van der Waals surface area (Å²) < 4.78 is 5.11. The lowest BCUT2D eigenvalue weighted by molar-refractivity contribution is -0.140. The molecule has 0 aromatic rings. The molecule has 3 N–H and O–H groups in total. The molecule has 4 nitrogen and oxygen atoms in total. The standard InChI is InChI=1S/C11H24N2O2/c1-8(2)9(6-7-12)13-10(14)11(3,4)15-5/h8-9H,6-7,12H2,1-5H3,(H,13,14). The van der Waals surface area contributed by atoms with Gasteiger partial charge in [0.15, 0.2) is 0 Å². The highest BCUT2D eigenvalue weighted by atomic mass is 16.5. The molecule has 0 saturated carbocycles. The fraction of sp³-hybridized carbons (Fsp3) is 0.909. The van der Waals surface area contributed by atoms with E-state index >= 15 is 0 Å². The van der Waals surface area contributed by atoms with Crippen LogP contribution in [0.5, 0.6) is 0 Å². The highest BCUT2D eigenvalue weighted by Crippen LogP contribution is 2.11. The topological polar surface area (TPSA) is 64.3 Å². The first-order valence-corrected chi connectivity index (χ1v) is 5.41. The summed E-state index contributed by atoms with van der Waals surface area (Å²) in [4.78, 5) is 11.8. The molecule has 1 amide bonds. The average Bonchev–Trinajstić information content (AvgIpc) is 2.16. The summed E-state index contributed by atoms with van der Waals surface area (Å²) >= 11 is 0. The van der Waals surface area contributed by atoms with Gasteiger partial charge in [-0.2, -0.15) is 0 Å². The Kier molecular flexibility index (Phi) is 5.83. The van der Waals surface area contributed by atoms with Gasteiger partial charge in [-0.3, -0.25) is 4.79 Å². The normalized spacial score (nSPS) is 14.1. The average molecular weight is 216 g/mol. The SMILES string of the molecule is COC(C)(C)C(=O)NC(CCN)C(C)C. The van der Waals surface area contributed by atoms with Gasteiger partial charge in [-0.05, 0) is 32.7 Å². The van der Waals surface area contributed by atoms with E-state index in [0.29, 0.717) is 12.5 Å². The van der Waals surface area contributed by atoms with Crippen molar-refractivity contribution in [3.63, 3.8) is 0 Å². The predicted molar refractivity (Wildman–Crippen MR) is 61.5 cm³/mol. The minimum absolute atomic E-state index is 0.0860. The van der Waals surface area contributed by atoms with Gasteiger partial charge in [0.1, 0.15) is 5.60 Å². The molecule has 0 spiro atoms. The number of carbonyl (C=O) groups is 1. The lowest BCUT2D eigenvalue weighted by Crippen LogP contribution is -2.49. The monoisotopic (exact) mass is 216 g/mol. The zero-order valence-electron chi connectivity index (χ0n) is 10.5. The Bertz CT molecular complexity index is 203. The van der Waals surface area contributed by atoms with Gasteiger partial charge in [0.2, 0.25) is 0 Å². The third kappa shape index (κ3) is 4.62. The van der Waals surface area contributed by atoms with Gasteiger partial charge in [-0.25, -0.2) is 0 Å². The van der Waals surface area contributed by atoms with Crippen LogP contribution in [-0.4, -0.2) is 31.2 Å². The third-order valence-electron chi connectivity index (χ3n) is 2.66. The summed E-state index contributed by atoms with van der Waals surface area (Å²) in [5.41, 5.74) is 4.73. The number of carbonyl (C=O) groups excluding carboxylic acids is 1. The van der Waals surface area contributed by atoms with Gasteiger partial charge in [-0.1, -0.05) is 13.8 Å². The van der Waals surface area contributed by atoms with Crippen molar-refractivity contribution in [2.75, 3.05) is 13.7 Å². The van der Waals surface area contributed by atoms with Gasteiger partial charge in [0.25, 0.3) is 5.91 Å². The second-order valence-electron chi connectivity index (χ2n) is 4.62. The number of nitrogens with two attached hydrogens (primary N) is 1. The van der Waals surface area contributed by atoms with Crippen molar-refractivity contribution in [1.82, 2.24) is 5.32 Å². The van der Waals surface area contributed by atoms with Crippen LogP contribution in [0.25, 0.3) is 0 Å². The van der Waals surface area contributed by atoms with Crippen molar-refractivity contribution >= 4 is 5.91 Å². The molecule has 0 aliphatic heterocycles. The van der Waals surface area contributed by atoms with Crippen LogP contribution in [0.2, 0.25) is 0 Å². The lowest BCUT2D eigenvalue weighted by atomic mass is 9.99. The van der Waals surface area contributed by atoms with E-state index in [-0.39, 0.29) is 11.9 Å². The number of methoxy groups -OCH3 is 1. The van der Waals surface area contributed by atoms with Gasteiger partial charge < -0.3 is 15.8 Å². The molecule has 0 radical (unpaired) electrons. The molecule has 0 bridgehead atoms. The van der Waals surface area contributed by atoms with Crippen LogP contribution in [-0.2, 0) is 9.53 Å². The van der Waals surface area contributed by atoms with Crippen molar-refractivity contribution in [2.45, 2.75) is 45.8 Å². The molecule has 0 aliphatic rings. The van der Waals surface area contributed by atoms with E-state index in [2.05, 4.69) is 19.2 Å². The Morgan fingerprint density at radius 3 is 2.33 bits per heavy atom. The highest BCUT2D eigenvalue weighted by Gasteiger charge is 2.29. The maximum absolute atomic E-state index is 11.8. The fourth-order valence-electron chi connectivity index (χ4n) is 1.19. The van der Waals surface area contributed by atoms with Crippen molar-refractivity contribution < 1.29 is 9.53 Å². The van der Waals surface area contributed by atoms with E-state index in [9.17, 15) is 4.79 Å². The molecule has 0 heterocycles. The molecule has 1 atom stereocenters. The van der Waals surface area contributed by atoms with Crippen LogP contribution in [0, 0.1) is 5.92 Å². The Morgan fingerprint density at radius 2 is 2.00 bits per heavy atom. The number of rotatable bonds is 6. The molecule has 0 rings (SSSR count). The van der Waals surface area contributed by atoms with E-state index in [1.807, 2.05) is 0 Å². The molecule has 0 saturated heterocycles. The van der Waals surface area contributed by atoms with Crippen molar-refractivity contribution in [3.05, 3.63) is 0 Å². The second kappa shape index (κ2) is 6.08. The van der Waals surface area contributed by atoms with E-state index in [0.717, 1.165) is 6.42 Å². The summed E-state index contributed by atoms with van der Waals surface area (Å²) in [5, 5.41) is 2.96. The minimum atomic E-state index is -0.776. The predicted octanol–water partition coefficient (Wildman–Crippen LogP) is 0.901. The van der Waals surface area contributed by atoms with Crippen molar-refractivity contribution in [1.29, 1.82) is 0 Å². The Labute approximate surface area is 92.6 Å². The molecule has 0 aromatic carbocycles. The maximum atomic E-state index is 11.8. The quantitative estimate of drug-likeness (QED) is 0.693. The van der Waals surface area contributed by atoms with Crippen LogP contribution in [0.1, 0.15) is 34.1 Å². The Balaban J connectivity index is 4.35. The van der Waals surface area contributed by atoms with E-state index in [1.165, 1.54) is 7.11 Å². The molecule has 15 heavy (non-hydrogen) atoms. The zero-order valence-corrected chi connectivity index (χ0v) is 10.5. The highest BCUT2D eigenvalue weighted by molar-refractivity contribution is 5.84. The minimum Gasteiger partial charge on any atom is -0.369 e. The molecule has 0 aliphatic carbocycles. The van der Waals surface area contributed by atoms with Gasteiger partial charge in [0.05, 0.1) is 0 Å². The summed E-state index contributed by atoms with van der Waals surface area (Å²) in [6, 6.07) is 0.122. The number of amides is 1. The number of nitrogens with one attached hydrogen (secondary N) is 1. The molecular weight excluding hydrogens is 192 g/mol. The van der Waals surface area contributed by atoms with E-state index in [4.69, 9.17) is 10.5 Å². The van der Waals surface area contributed by atoms with Crippen LogP contribution in [0.4, 0.5) is 0 Å². The van der Waals surface area contributed by atoms with Crippen LogP contribution >= 0.6 is 0 Å². The zero-order chi connectivity index (χ0) is 12.1. The molecular formula is C11H24N2O2. The largest absolute Gasteiger partial charge is 0.369 e. The molecule has 0 fully saturated rings. The molecule has 90 valence electrons. The van der Waals surface area contributed by atoms with E-state index < -0.39 is 5.60 Å². The Hall–Kier alpha value is -0.610. The first-order valence-electron chi connectivity index (χ1n) is 5.41. The van der Waals surface area contributed by atoms with Crippen LogP contribution in [0.3, 0.4) is 0 Å². The smallest absolute Gasteiger partial charge is 0.251 e. The van der Waals surface area contributed by atoms with Crippen molar-refractivity contribution in [2.24, 2.45) is 11.7 Å². The summed E-state index contributed by atoms with van der Waals surface area (Å²) in [5.74, 6) is 0.294. The summed E-state index contributed by atoms with van der Waals surface area (Å²) in [6.45, 7) is 8.22. The number of ether oxygens (including phenoxy) is 1. The lowest BCUT2D eigenvalue weighted by Gasteiger charge is -2.28. The molecule has 4 heteroatoms. The fourth-order valence-corrected chi connectivity index (χ4v) is 1.19. The first kappa shape index (κ1) is 14.4. The maximum Gasteiger partial charge on any atom is 0.251 e. The van der Waals surface area contributed by atoms with E-state index in [1.54, 1.807) is 13.8 Å². The number of hydrogen-bond acceptors (Lipinski definition) is 3. The molecule has 0 aromatic heterocycles. The number of hydrogen-bond donors (Lipinski definition) is 2. The van der Waals surface area contributed by atoms with Gasteiger partial charge >= 0.3 is 0 Å².